The molecule has 1 aromatic rings. The van der Waals surface area contributed by atoms with E-state index in [1.54, 1.807) is 31.2 Å². The zero-order valence-corrected chi connectivity index (χ0v) is 9.64. The molecule has 0 N–H and O–H groups in total. The lowest BCUT2D eigenvalue weighted by Gasteiger charge is -2.05. The van der Waals surface area contributed by atoms with E-state index in [0.717, 1.165) is 18.6 Å². The number of ketones is 1. The van der Waals surface area contributed by atoms with Gasteiger partial charge in [0.25, 0.3) is 5.78 Å². The van der Waals surface area contributed by atoms with E-state index in [1.165, 1.54) is 0 Å². The number of carbonyl (C=O) groups is 2. The van der Waals surface area contributed by atoms with E-state index < -0.39 is 11.8 Å². The Balaban J connectivity index is 2.00. The van der Waals surface area contributed by atoms with Crippen LogP contribution < -0.4 is 4.74 Å². The van der Waals surface area contributed by atoms with E-state index in [9.17, 15) is 9.59 Å². The van der Waals surface area contributed by atoms with Gasteiger partial charge in [-0.25, -0.2) is 4.79 Å². The molecule has 17 heavy (non-hydrogen) atoms. The minimum Gasteiger partial charge on any atom is -0.490 e. The van der Waals surface area contributed by atoms with Gasteiger partial charge in [-0.1, -0.05) is 0 Å². The Morgan fingerprint density at radius 3 is 2.41 bits per heavy atom. The molecule has 1 saturated carbocycles. The summed E-state index contributed by atoms with van der Waals surface area (Å²) in [4.78, 5) is 22.8. The Kier molecular flexibility index (Phi) is 3.42. The molecule has 0 aromatic heterocycles. The fourth-order valence-corrected chi connectivity index (χ4v) is 1.38. The summed E-state index contributed by atoms with van der Waals surface area (Å²) < 4.78 is 10.2. The van der Waals surface area contributed by atoms with Gasteiger partial charge in [0.2, 0.25) is 0 Å². The van der Waals surface area contributed by atoms with Crippen molar-refractivity contribution in [2.75, 3.05) is 6.61 Å². The highest BCUT2D eigenvalue weighted by atomic mass is 16.5. The summed E-state index contributed by atoms with van der Waals surface area (Å²) in [5.74, 6) is -0.707. The lowest BCUT2D eigenvalue weighted by molar-refractivity contribution is -0.137. The number of Topliss-reactive ketones (excluding diaryl/α,β-unsaturated/α-hetero) is 1. The fourth-order valence-electron chi connectivity index (χ4n) is 1.38. The zero-order chi connectivity index (χ0) is 12.3. The molecule has 0 aliphatic heterocycles. The molecule has 0 radical (unpaired) electrons. The van der Waals surface area contributed by atoms with Crippen molar-refractivity contribution in [3.05, 3.63) is 29.8 Å². The third-order valence-corrected chi connectivity index (χ3v) is 2.40. The first-order valence-corrected chi connectivity index (χ1v) is 5.69. The van der Waals surface area contributed by atoms with Crippen LogP contribution in [0.15, 0.2) is 24.3 Å². The van der Waals surface area contributed by atoms with Crippen molar-refractivity contribution in [2.45, 2.75) is 25.9 Å². The SMILES string of the molecule is CCOC(=O)C(=O)c1ccc(OC2CC2)cc1. The van der Waals surface area contributed by atoms with Crippen molar-refractivity contribution in [3.63, 3.8) is 0 Å². The molecule has 1 aromatic carbocycles. The highest BCUT2D eigenvalue weighted by molar-refractivity contribution is 6.40. The van der Waals surface area contributed by atoms with Gasteiger partial charge in [0.15, 0.2) is 0 Å². The summed E-state index contributed by atoms with van der Waals surface area (Å²) in [5, 5.41) is 0. The summed E-state index contributed by atoms with van der Waals surface area (Å²) in [6.07, 6.45) is 2.49. The fraction of sp³-hybridized carbons (Fsp3) is 0.385. The molecule has 0 saturated heterocycles. The second-order valence-corrected chi connectivity index (χ2v) is 3.89. The molecule has 1 fully saturated rings. The third-order valence-electron chi connectivity index (χ3n) is 2.40. The number of ether oxygens (including phenoxy) is 2. The van der Waals surface area contributed by atoms with Crippen LogP contribution in [0.25, 0.3) is 0 Å². The summed E-state index contributed by atoms with van der Waals surface area (Å²) >= 11 is 0. The Morgan fingerprint density at radius 2 is 1.88 bits per heavy atom. The van der Waals surface area contributed by atoms with E-state index >= 15 is 0 Å². The number of benzene rings is 1. The molecule has 2 rings (SSSR count). The summed E-state index contributed by atoms with van der Waals surface area (Å²) in [5.41, 5.74) is 0.326. The van der Waals surface area contributed by atoms with Crippen LogP contribution in [-0.4, -0.2) is 24.5 Å². The topological polar surface area (TPSA) is 52.6 Å². The molecule has 4 nitrogen and oxygen atoms in total. The van der Waals surface area contributed by atoms with Crippen molar-refractivity contribution in [1.29, 1.82) is 0 Å². The lowest BCUT2D eigenvalue weighted by atomic mass is 10.1. The number of hydrogen-bond acceptors (Lipinski definition) is 4. The molecule has 4 heteroatoms. The van der Waals surface area contributed by atoms with Crippen molar-refractivity contribution in [3.8, 4) is 5.75 Å². The van der Waals surface area contributed by atoms with Crippen LogP contribution >= 0.6 is 0 Å². The molecular formula is C13H14O4. The number of esters is 1. The van der Waals surface area contributed by atoms with Gasteiger partial charge in [-0.15, -0.1) is 0 Å². The van der Waals surface area contributed by atoms with E-state index in [-0.39, 0.29) is 6.61 Å². The Bertz CT molecular complexity index is 418. The van der Waals surface area contributed by atoms with Gasteiger partial charge in [-0.2, -0.15) is 0 Å². The van der Waals surface area contributed by atoms with Crippen molar-refractivity contribution >= 4 is 11.8 Å². The van der Waals surface area contributed by atoms with Crippen molar-refractivity contribution < 1.29 is 19.1 Å². The molecule has 0 unspecified atom stereocenters. The van der Waals surface area contributed by atoms with E-state index in [4.69, 9.17) is 4.74 Å². The highest BCUT2D eigenvalue weighted by Crippen LogP contribution is 2.26. The predicted octanol–water partition coefficient (Wildman–Crippen LogP) is 1.97. The molecule has 90 valence electrons. The first-order chi connectivity index (χ1) is 8.20. The van der Waals surface area contributed by atoms with Gasteiger partial charge in [0.1, 0.15) is 5.75 Å². The maximum atomic E-state index is 11.6. The Labute approximate surface area is 99.5 Å². The average Bonchev–Trinajstić information content (AvgIpc) is 3.13. The summed E-state index contributed by atoms with van der Waals surface area (Å²) in [6.45, 7) is 1.87. The van der Waals surface area contributed by atoms with Crippen molar-refractivity contribution in [1.82, 2.24) is 0 Å². The van der Waals surface area contributed by atoms with Gasteiger partial charge >= 0.3 is 5.97 Å². The van der Waals surface area contributed by atoms with Crippen LogP contribution in [0.1, 0.15) is 30.1 Å². The van der Waals surface area contributed by atoms with Crippen LogP contribution in [0.4, 0.5) is 0 Å². The smallest absolute Gasteiger partial charge is 0.379 e. The second kappa shape index (κ2) is 4.99. The van der Waals surface area contributed by atoms with Gasteiger partial charge in [0.05, 0.1) is 12.7 Å². The summed E-state index contributed by atoms with van der Waals surface area (Å²) in [6, 6.07) is 6.56. The van der Waals surface area contributed by atoms with E-state index in [1.807, 2.05) is 0 Å². The van der Waals surface area contributed by atoms with Gasteiger partial charge in [-0.05, 0) is 44.0 Å². The van der Waals surface area contributed by atoms with Crippen LogP contribution in [0.3, 0.4) is 0 Å². The number of hydrogen-bond donors (Lipinski definition) is 0. The zero-order valence-electron chi connectivity index (χ0n) is 9.64. The first-order valence-electron chi connectivity index (χ1n) is 5.69. The largest absolute Gasteiger partial charge is 0.490 e. The minimum absolute atomic E-state index is 0.202. The van der Waals surface area contributed by atoms with Gasteiger partial charge in [0, 0.05) is 5.56 Å². The molecule has 0 atom stereocenters. The maximum absolute atomic E-state index is 11.6. The molecular weight excluding hydrogens is 220 g/mol. The first kappa shape index (κ1) is 11.6. The lowest BCUT2D eigenvalue weighted by Crippen LogP contribution is -2.17. The van der Waals surface area contributed by atoms with Crippen LogP contribution in [-0.2, 0) is 9.53 Å². The molecule has 0 heterocycles. The molecule has 1 aliphatic carbocycles. The van der Waals surface area contributed by atoms with E-state index in [0.29, 0.717) is 11.7 Å². The van der Waals surface area contributed by atoms with Gasteiger partial charge < -0.3 is 9.47 Å². The van der Waals surface area contributed by atoms with Crippen LogP contribution in [0.5, 0.6) is 5.75 Å². The normalized spacial score (nSPS) is 14.2. The molecule has 0 bridgehead atoms. The standard InChI is InChI=1S/C13H14O4/c1-2-16-13(15)12(14)9-3-5-10(6-4-9)17-11-7-8-11/h3-6,11H,2,7-8H2,1H3. The summed E-state index contributed by atoms with van der Waals surface area (Å²) in [7, 11) is 0. The Hall–Kier alpha value is -1.84. The average molecular weight is 234 g/mol. The van der Waals surface area contributed by atoms with Crippen LogP contribution in [0, 0.1) is 0 Å². The Morgan fingerprint density at radius 1 is 1.24 bits per heavy atom. The molecule has 0 amide bonds. The third kappa shape index (κ3) is 3.06. The second-order valence-electron chi connectivity index (χ2n) is 3.89. The number of carbonyl (C=O) groups excluding carboxylic acids is 2. The monoisotopic (exact) mass is 234 g/mol. The van der Waals surface area contributed by atoms with Crippen molar-refractivity contribution in [2.24, 2.45) is 0 Å². The molecule has 1 aliphatic rings. The van der Waals surface area contributed by atoms with Crippen LogP contribution in [0.2, 0.25) is 0 Å². The van der Waals surface area contributed by atoms with Gasteiger partial charge in [-0.3, -0.25) is 4.79 Å². The molecule has 0 spiro atoms. The maximum Gasteiger partial charge on any atom is 0.379 e. The highest BCUT2D eigenvalue weighted by Gasteiger charge is 2.23. The predicted molar refractivity (Wildman–Crippen MR) is 61.1 cm³/mol. The quantitative estimate of drug-likeness (QED) is 0.444. The van der Waals surface area contributed by atoms with E-state index in [2.05, 4.69) is 4.74 Å². The minimum atomic E-state index is -0.816. The number of rotatable bonds is 5.